The van der Waals surface area contributed by atoms with Gasteiger partial charge < -0.3 is 15.3 Å². The van der Waals surface area contributed by atoms with Gasteiger partial charge in [0.05, 0.1) is 0 Å². The Morgan fingerprint density at radius 3 is 2.47 bits per heavy atom. The maximum atomic E-state index is 11.1. The monoisotopic (exact) mass is 236 g/mol. The van der Waals surface area contributed by atoms with Crippen molar-refractivity contribution in [1.82, 2.24) is 0 Å². The molecule has 1 atom stereocenters. The molecular formula is C13H20N2O2. The third-order valence-corrected chi connectivity index (χ3v) is 2.62. The van der Waals surface area contributed by atoms with Gasteiger partial charge >= 0.3 is 5.97 Å². The number of hydrogen-bond donors (Lipinski definition) is 2. The van der Waals surface area contributed by atoms with Gasteiger partial charge in [0.25, 0.3) is 0 Å². The Kier molecular flexibility index (Phi) is 4.37. The van der Waals surface area contributed by atoms with Crippen molar-refractivity contribution in [3.63, 3.8) is 0 Å². The quantitative estimate of drug-likeness (QED) is 0.823. The predicted octanol–water partition coefficient (Wildman–Crippen LogP) is 2.27. The van der Waals surface area contributed by atoms with Crippen molar-refractivity contribution >= 4 is 17.3 Å². The second-order valence-electron chi connectivity index (χ2n) is 4.65. The van der Waals surface area contributed by atoms with Crippen molar-refractivity contribution in [3.05, 3.63) is 24.3 Å². The van der Waals surface area contributed by atoms with Crippen LogP contribution in [0.4, 0.5) is 11.4 Å². The molecule has 0 amide bonds. The molecule has 0 heterocycles. The molecule has 0 aromatic heterocycles. The minimum absolute atomic E-state index is 0.0375. The molecule has 0 bridgehead atoms. The standard InChI is InChI=1S/C13H20N2O2/c1-9(2)12(13(16)17)14-10-6-5-7-11(8-10)15(3)4/h5-9,12,14H,1-4H3,(H,16,17). The Bertz CT molecular complexity index is 389. The molecular weight excluding hydrogens is 216 g/mol. The summed E-state index contributed by atoms with van der Waals surface area (Å²) in [6, 6.07) is 7.16. The van der Waals surface area contributed by atoms with E-state index in [1.54, 1.807) is 0 Å². The van der Waals surface area contributed by atoms with Crippen LogP contribution in [-0.4, -0.2) is 31.2 Å². The van der Waals surface area contributed by atoms with Crippen molar-refractivity contribution in [2.45, 2.75) is 19.9 Å². The molecule has 1 rings (SSSR count). The second-order valence-corrected chi connectivity index (χ2v) is 4.65. The Hall–Kier alpha value is -1.71. The molecule has 94 valence electrons. The van der Waals surface area contributed by atoms with Gasteiger partial charge in [-0.15, -0.1) is 0 Å². The Morgan fingerprint density at radius 1 is 1.35 bits per heavy atom. The summed E-state index contributed by atoms with van der Waals surface area (Å²) in [5.74, 6) is -0.786. The molecule has 0 saturated heterocycles. The summed E-state index contributed by atoms with van der Waals surface area (Å²) < 4.78 is 0. The molecule has 0 radical (unpaired) electrons. The zero-order valence-electron chi connectivity index (χ0n) is 10.8. The molecule has 0 fully saturated rings. The number of carbonyl (C=O) groups is 1. The van der Waals surface area contributed by atoms with Crippen molar-refractivity contribution in [2.75, 3.05) is 24.3 Å². The van der Waals surface area contributed by atoms with Gasteiger partial charge in [0.1, 0.15) is 6.04 Å². The van der Waals surface area contributed by atoms with Crippen LogP contribution < -0.4 is 10.2 Å². The van der Waals surface area contributed by atoms with Gasteiger partial charge in [-0.1, -0.05) is 19.9 Å². The number of nitrogens with one attached hydrogen (secondary N) is 1. The summed E-state index contributed by atoms with van der Waals surface area (Å²) in [6.07, 6.45) is 0. The van der Waals surface area contributed by atoms with Crippen LogP contribution in [0.3, 0.4) is 0 Å². The van der Waals surface area contributed by atoms with Crippen molar-refractivity contribution < 1.29 is 9.90 Å². The summed E-state index contributed by atoms with van der Waals surface area (Å²) in [5, 5.41) is 12.2. The molecule has 0 aliphatic rings. The van der Waals surface area contributed by atoms with Crippen LogP contribution in [0.15, 0.2) is 24.3 Å². The van der Waals surface area contributed by atoms with Gasteiger partial charge in [0.15, 0.2) is 0 Å². The molecule has 17 heavy (non-hydrogen) atoms. The lowest BCUT2D eigenvalue weighted by molar-refractivity contribution is -0.138. The van der Waals surface area contributed by atoms with E-state index in [0.29, 0.717) is 0 Å². The van der Waals surface area contributed by atoms with E-state index in [1.165, 1.54) is 0 Å². The Morgan fingerprint density at radius 2 is 2.00 bits per heavy atom. The molecule has 1 aromatic carbocycles. The summed E-state index contributed by atoms with van der Waals surface area (Å²) in [7, 11) is 3.91. The largest absolute Gasteiger partial charge is 0.480 e. The van der Waals surface area contributed by atoms with Crippen molar-refractivity contribution in [3.8, 4) is 0 Å². The maximum Gasteiger partial charge on any atom is 0.326 e. The van der Waals surface area contributed by atoms with E-state index in [2.05, 4.69) is 5.32 Å². The molecule has 1 unspecified atom stereocenters. The third kappa shape index (κ3) is 3.66. The van der Waals surface area contributed by atoms with Crippen LogP contribution in [0.5, 0.6) is 0 Å². The fourth-order valence-corrected chi connectivity index (χ4v) is 1.57. The number of anilines is 2. The first-order valence-electron chi connectivity index (χ1n) is 5.68. The van der Waals surface area contributed by atoms with Crippen LogP contribution in [0, 0.1) is 5.92 Å². The topological polar surface area (TPSA) is 52.6 Å². The summed E-state index contributed by atoms with van der Waals surface area (Å²) >= 11 is 0. The number of rotatable bonds is 5. The summed E-state index contributed by atoms with van der Waals surface area (Å²) in [6.45, 7) is 3.78. The first kappa shape index (κ1) is 13.4. The van der Waals surface area contributed by atoms with E-state index in [-0.39, 0.29) is 5.92 Å². The highest BCUT2D eigenvalue weighted by Crippen LogP contribution is 2.19. The highest BCUT2D eigenvalue weighted by molar-refractivity contribution is 5.78. The molecule has 4 heteroatoms. The molecule has 0 aliphatic carbocycles. The van der Waals surface area contributed by atoms with E-state index in [9.17, 15) is 4.79 Å². The first-order chi connectivity index (χ1) is 7.91. The average Bonchev–Trinajstić information content (AvgIpc) is 2.25. The van der Waals surface area contributed by atoms with Crippen molar-refractivity contribution in [2.24, 2.45) is 5.92 Å². The first-order valence-corrected chi connectivity index (χ1v) is 5.68. The fourth-order valence-electron chi connectivity index (χ4n) is 1.57. The van der Waals surface area contributed by atoms with E-state index in [4.69, 9.17) is 5.11 Å². The zero-order valence-corrected chi connectivity index (χ0v) is 10.8. The number of carboxylic acid groups (broad SMARTS) is 1. The minimum atomic E-state index is -0.824. The number of benzene rings is 1. The minimum Gasteiger partial charge on any atom is -0.480 e. The van der Waals surface area contributed by atoms with Crippen LogP contribution in [0.2, 0.25) is 0 Å². The SMILES string of the molecule is CC(C)C(Nc1cccc(N(C)C)c1)C(=O)O. The molecule has 1 aromatic rings. The summed E-state index contributed by atoms with van der Waals surface area (Å²) in [4.78, 5) is 13.1. The van der Waals surface area contributed by atoms with Gasteiger partial charge in [-0.25, -0.2) is 4.79 Å². The molecule has 0 spiro atoms. The van der Waals surface area contributed by atoms with Crippen LogP contribution in [0.25, 0.3) is 0 Å². The number of carboxylic acids is 1. The maximum absolute atomic E-state index is 11.1. The van der Waals surface area contributed by atoms with Crippen LogP contribution in [-0.2, 0) is 4.79 Å². The van der Waals surface area contributed by atoms with E-state index in [1.807, 2.05) is 57.1 Å². The van der Waals surface area contributed by atoms with Gasteiger partial charge in [-0.05, 0) is 24.1 Å². The molecule has 0 saturated carbocycles. The van der Waals surface area contributed by atoms with E-state index in [0.717, 1.165) is 11.4 Å². The van der Waals surface area contributed by atoms with Crippen LogP contribution >= 0.6 is 0 Å². The molecule has 4 nitrogen and oxygen atoms in total. The number of aliphatic carboxylic acids is 1. The lowest BCUT2D eigenvalue weighted by Crippen LogP contribution is -2.34. The third-order valence-electron chi connectivity index (χ3n) is 2.62. The second kappa shape index (κ2) is 5.57. The lowest BCUT2D eigenvalue weighted by Gasteiger charge is -2.20. The predicted molar refractivity (Wildman–Crippen MR) is 70.7 cm³/mol. The average molecular weight is 236 g/mol. The zero-order chi connectivity index (χ0) is 13.0. The van der Waals surface area contributed by atoms with Gasteiger partial charge in [0, 0.05) is 25.5 Å². The molecule has 0 aliphatic heterocycles. The van der Waals surface area contributed by atoms with E-state index < -0.39 is 12.0 Å². The van der Waals surface area contributed by atoms with Gasteiger partial charge in [-0.3, -0.25) is 0 Å². The normalized spacial score (nSPS) is 12.3. The smallest absolute Gasteiger partial charge is 0.326 e. The highest BCUT2D eigenvalue weighted by atomic mass is 16.4. The van der Waals surface area contributed by atoms with Crippen LogP contribution in [0.1, 0.15) is 13.8 Å². The Labute approximate surface area is 102 Å². The fraction of sp³-hybridized carbons (Fsp3) is 0.462. The van der Waals surface area contributed by atoms with Gasteiger partial charge in [-0.2, -0.15) is 0 Å². The lowest BCUT2D eigenvalue weighted by atomic mass is 10.0. The number of hydrogen-bond acceptors (Lipinski definition) is 3. The van der Waals surface area contributed by atoms with Gasteiger partial charge in [0.2, 0.25) is 0 Å². The van der Waals surface area contributed by atoms with Crippen molar-refractivity contribution in [1.29, 1.82) is 0 Å². The molecule has 2 N–H and O–H groups in total. The highest BCUT2D eigenvalue weighted by Gasteiger charge is 2.20. The summed E-state index contributed by atoms with van der Waals surface area (Å²) in [5.41, 5.74) is 1.88. The number of nitrogens with zero attached hydrogens (tertiary/aromatic N) is 1. The Balaban J connectivity index is 2.86. The van der Waals surface area contributed by atoms with E-state index >= 15 is 0 Å².